The number of hydrogen-bond donors (Lipinski definition) is 1. The number of methoxy groups -OCH3 is 1. The third-order valence-electron chi connectivity index (χ3n) is 4.45. The highest BCUT2D eigenvalue weighted by Crippen LogP contribution is 2.32. The van der Waals surface area contributed by atoms with Gasteiger partial charge in [-0.1, -0.05) is 31.5 Å². The van der Waals surface area contributed by atoms with E-state index in [1.54, 1.807) is 13.2 Å². The van der Waals surface area contributed by atoms with Crippen molar-refractivity contribution in [3.63, 3.8) is 0 Å². The van der Waals surface area contributed by atoms with Crippen LogP contribution in [0.2, 0.25) is 5.02 Å². The molecule has 140 valence electrons. The number of carbonyl (C=O) groups is 1. The molecule has 1 amide bonds. The zero-order valence-electron chi connectivity index (χ0n) is 15.8. The highest BCUT2D eigenvalue weighted by atomic mass is 35.5. The number of ether oxygens (including phenoxy) is 1. The van der Waals surface area contributed by atoms with Gasteiger partial charge in [0.05, 0.1) is 19.6 Å². The average Bonchev–Trinajstić information content (AvgIpc) is 2.56. The second-order valence-corrected chi connectivity index (χ2v) is 7.24. The molecule has 1 N–H and O–H groups in total. The first-order chi connectivity index (χ1) is 12.2. The van der Waals surface area contributed by atoms with Crippen LogP contribution < -0.4 is 10.1 Å². The van der Waals surface area contributed by atoms with Gasteiger partial charge in [0.25, 0.3) is 0 Å². The van der Waals surface area contributed by atoms with Gasteiger partial charge in [-0.15, -0.1) is 0 Å². The Labute approximate surface area is 159 Å². The van der Waals surface area contributed by atoms with Gasteiger partial charge in [0, 0.05) is 5.02 Å². The van der Waals surface area contributed by atoms with Gasteiger partial charge in [0.2, 0.25) is 5.91 Å². The quantitative estimate of drug-likeness (QED) is 0.737. The summed E-state index contributed by atoms with van der Waals surface area (Å²) in [7, 11) is 1.66. The first-order valence-electron chi connectivity index (χ1n) is 8.64. The van der Waals surface area contributed by atoms with Gasteiger partial charge in [-0.2, -0.15) is 0 Å². The Morgan fingerprint density at radius 1 is 1.19 bits per heavy atom. The SMILES string of the molecule is COc1cc(C)c([C@H](C)NC(=O)Cc2ccc(Cl)cc2F)cc1C(C)C. The number of halogens is 2. The molecule has 0 aliphatic heterocycles. The predicted molar refractivity (Wildman–Crippen MR) is 103 cm³/mol. The summed E-state index contributed by atoms with van der Waals surface area (Å²) >= 11 is 5.75. The Balaban J connectivity index is 2.17. The molecule has 26 heavy (non-hydrogen) atoms. The molecule has 2 aromatic rings. The first kappa shape index (κ1) is 20.2. The van der Waals surface area contributed by atoms with Crippen molar-refractivity contribution >= 4 is 17.5 Å². The summed E-state index contributed by atoms with van der Waals surface area (Å²) in [6.45, 7) is 8.12. The van der Waals surface area contributed by atoms with Crippen LogP contribution in [0.5, 0.6) is 5.75 Å². The second kappa shape index (κ2) is 8.54. The zero-order valence-corrected chi connectivity index (χ0v) is 16.6. The van der Waals surface area contributed by atoms with E-state index in [-0.39, 0.29) is 18.4 Å². The largest absolute Gasteiger partial charge is 0.496 e. The van der Waals surface area contributed by atoms with Crippen molar-refractivity contribution in [1.82, 2.24) is 5.32 Å². The van der Waals surface area contributed by atoms with Crippen molar-refractivity contribution in [3.05, 3.63) is 63.4 Å². The van der Waals surface area contributed by atoms with Crippen LogP contribution in [0.25, 0.3) is 0 Å². The monoisotopic (exact) mass is 377 g/mol. The maximum absolute atomic E-state index is 13.9. The van der Waals surface area contributed by atoms with Crippen molar-refractivity contribution in [3.8, 4) is 5.75 Å². The molecule has 2 aromatic carbocycles. The lowest BCUT2D eigenvalue weighted by atomic mass is 9.93. The van der Waals surface area contributed by atoms with Gasteiger partial charge in [-0.25, -0.2) is 4.39 Å². The number of rotatable bonds is 6. The number of hydrogen-bond acceptors (Lipinski definition) is 2. The van der Waals surface area contributed by atoms with E-state index >= 15 is 0 Å². The van der Waals surface area contributed by atoms with E-state index in [0.29, 0.717) is 16.5 Å². The molecule has 0 aromatic heterocycles. The molecule has 0 aliphatic rings. The summed E-state index contributed by atoms with van der Waals surface area (Å²) in [5.74, 6) is 0.446. The second-order valence-electron chi connectivity index (χ2n) is 6.81. The van der Waals surface area contributed by atoms with Gasteiger partial charge >= 0.3 is 0 Å². The van der Waals surface area contributed by atoms with Crippen LogP contribution in [-0.2, 0) is 11.2 Å². The Hall–Kier alpha value is -2.07. The fraction of sp³-hybridized carbons (Fsp3) is 0.381. The van der Waals surface area contributed by atoms with E-state index in [4.69, 9.17) is 16.3 Å². The van der Waals surface area contributed by atoms with Gasteiger partial charge in [-0.3, -0.25) is 4.79 Å². The number of amides is 1. The molecule has 2 rings (SSSR count). The van der Waals surface area contributed by atoms with Crippen LogP contribution in [0.15, 0.2) is 30.3 Å². The van der Waals surface area contributed by atoms with E-state index in [0.717, 1.165) is 22.4 Å². The Morgan fingerprint density at radius 2 is 1.88 bits per heavy atom. The molecule has 3 nitrogen and oxygen atoms in total. The standard InChI is InChI=1S/C21H25ClFNO2/c1-12(2)17-11-18(13(3)8-20(17)26-5)14(4)24-21(25)9-15-6-7-16(22)10-19(15)23/h6-8,10-12,14H,9H2,1-5H3,(H,24,25)/t14-/m0/s1. The summed E-state index contributed by atoms with van der Waals surface area (Å²) in [6.07, 6.45) is -0.0282. The fourth-order valence-electron chi connectivity index (χ4n) is 3.02. The minimum absolute atomic E-state index is 0.0282. The number of benzene rings is 2. The molecule has 0 saturated heterocycles. The van der Waals surface area contributed by atoms with E-state index in [2.05, 4.69) is 25.2 Å². The van der Waals surface area contributed by atoms with E-state index in [9.17, 15) is 9.18 Å². The molecular weight excluding hydrogens is 353 g/mol. The predicted octanol–water partition coefficient (Wildman–Crippen LogP) is 5.34. The zero-order chi connectivity index (χ0) is 19.4. The van der Waals surface area contributed by atoms with E-state index < -0.39 is 5.82 Å². The van der Waals surface area contributed by atoms with Crippen LogP contribution in [0.1, 0.15) is 55.0 Å². The minimum Gasteiger partial charge on any atom is -0.496 e. The van der Waals surface area contributed by atoms with E-state index in [1.165, 1.54) is 12.1 Å². The molecule has 0 radical (unpaired) electrons. The molecule has 0 spiro atoms. The molecule has 0 bridgehead atoms. The van der Waals surface area contributed by atoms with Crippen molar-refractivity contribution in [2.24, 2.45) is 0 Å². The number of carbonyl (C=O) groups excluding carboxylic acids is 1. The Kier molecular flexibility index (Phi) is 6.65. The highest BCUT2D eigenvalue weighted by Gasteiger charge is 2.17. The summed E-state index contributed by atoms with van der Waals surface area (Å²) < 4.78 is 19.3. The summed E-state index contributed by atoms with van der Waals surface area (Å²) in [5, 5.41) is 3.27. The molecule has 0 saturated carbocycles. The smallest absolute Gasteiger partial charge is 0.225 e. The van der Waals surface area contributed by atoms with Crippen molar-refractivity contribution in [1.29, 1.82) is 0 Å². The third kappa shape index (κ3) is 4.76. The molecule has 0 heterocycles. The van der Waals surface area contributed by atoms with Crippen molar-refractivity contribution in [2.45, 2.75) is 46.1 Å². The average molecular weight is 378 g/mol. The van der Waals surface area contributed by atoms with Crippen LogP contribution >= 0.6 is 11.6 Å². The number of nitrogens with one attached hydrogen (secondary N) is 1. The van der Waals surface area contributed by atoms with Crippen LogP contribution in [0.3, 0.4) is 0 Å². The number of aryl methyl sites for hydroxylation is 1. The first-order valence-corrected chi connectivity index (χ1v) is 9.02. The summed E-state index contributed by atoms with van der Waals surface area (Å²) in [6, 6.07) is 8.22. The maximum atomic E-state index is 13.9. The van der Waals surface area contributed by atoms with Crippen LogP contribution in [0.4, 0.5) is 4.39 Å². The van der Waals surface area contributed by atoms with Gasteiger partial charge in [0.15, 0.2) is 0 Å². The van der Waals surface area contributed by atoms with Gasteiger partial charge < -0.3 is 10.1 Å². The lowest BCUT2D eigenvalue weighted by Gasteiger charge is -2.21. The topological polar surface area (TPSA) is 38.3 Å². The summed E-state index contributed by atoms with van der Waals surface area (Å²) in [4.78, 5) is 12.4. The highest BCUT2D eigenvalue weighted by molar-refractivity contribution is 6.30. The lowest BCUT2D eigenvalue weighted by molar-refractivity contribution is -0.121. The molecular formula is C21H25ClFNO2. The molecule has 0 fully saturated rings. The normalized spacial score (nSPS) is 12.2. The Morgan fingerprint density at radius 3 is 2.46 bits per heavy atom. The van der Waals surface area contributed by atoms with Crippen LogP contribution in [-0.4, -0.2) is 13.0 Å². The molecule has 1 atom stereocenters. The third-order valence-corrected chi connectivity index (χ3v) is 4.69. The van der Waals surface area contributed by atoms with Crippen LogP contribution in [0, 0.1) is 12.7 Å². The van der Waals surface area contributed by atoms with Crippen molar-refractivity contribution in [2.75, 3.05) is 7.11 Å². The summed E-state index contributed by atoms with van der Waals surface area (Å²) in [5.41, 5.74) is 3.49. The maximum Gasteiger partial charge on any atom is 0.225 e. The van der Waals surface area contributed by atoms with Crippen molar-refractivity contribution < 1.29 is 13.9 Å². The lowest BCUT2D eigenvalue weighted by Crippen LogP contribution is -2.29. The van der Waals surface area contributed by atoms with Gasteiger partial charge in [0.1, 0.15) is 11.6 Å². The fourth-order valence-corrected chi connectivity index (χ4v) is 3.18. The molecule has 0 unspecified atom stereocenters. The van der Waals surface area contributed by atoms with E-state index in [1.807, 2.05) is 19.9 Å². The molecule has 0 aliphatic carbocycles. The minimum atomic E-state index is -0.469. The Bertz CT molecular complexity index is 805. The van der Waals surface area contributed by atoms with Gasteiger partial charge in [-0.05, 0) is 66.3 Å². The molecule has 5 heteroatoms.